The molecule has 0 spiro atoms. The van der Waals surface area contributed by atoms with E-state index in [4.69, 9.17) is 0 Å². The first kappa shape index (κ1) is 14.3. The molecule has 0 atom stereocenters. The zero-order valence-corrected chi connectivity index (χ0v) is 12.1. The molecular formula is C13H8BrF3OS. The monoisotopic (exact) mass is 348 g/mol. The molecule has 0 unspecified atom stereocenters. The first-order valence-corrected chi connectivity index (χ1v) is 6.88. The molecule has 0 aliphatic heterocycles. The number of hydrogen-bond donors (Lipinski definition) is 0. The average Bonchev–Trinajstić information content (AvgIpc) is 2.68. The highest BCUT2D eigenvalue weighted by atomic mass is 79.9. The number of carbonyl (C=O) groups is 1. The van der Waals surface area contributed by atoms with Crippen molar-refractivity contribution in [3.05, 3.63) is 55.7 Å². The van der Waals surface area contributed by atoms with Crippen LogP contribution in [0.4, 0.5) is 13.2 Å². The van der Waals surface area contributed by atoms with Gasteiger partial charge in [-0.25, -0.2) is 0 Å². The highest BCUT2D eigenvalue weighted by Gasteiger charge is 2.35. The van der Waals surface area contributed by atoms with Crippen LogP contribution in [0.2, 0.25) is 0 Å². The Kier molecular flexibility index (Phi) is 3.82. The lowest BCUT2D eigenvalue weighted by Gasteiger charge is -2.10. The summed E-state index contributed by atoms with van der Waals surface area (Å²) in [4.78, 5) is 12.5. The van der Waals surface area contributed by atoms with Crippen molar-refractivity contribution in [3.63, 3.8) is 0 Å². The van der Waals surface area contributed by atoms with Gasteiger partial charge in [0.2, 0.25) is 5.78 Å². The molecule has 0 saturated heterocycles. The summed E-state index contributed by atoms with van der Waals surface area (Å²) in [6, 6.07) is 6.41. The fourth-order valence-corrected chi connectivity index (χ4v) is 3.12. The van der Waals surface area contributed by atoms with E-state index in [1.54, 1.807) is 13.0 Å². The van der Waals surface area contributed by atoms with E-state index in [-0.39, 0.29) is 5.56 Å². The van der Waals surface area contributed by atoms with Crippen LogP contribution in [-0.2, 0) is 6.18 Å². The third-order valence-corrected chi connectivity index (χ3v) is 4.69. The molecule has 19 heavy (non-hydrogen) atoms. The number of hydrogen-bond acceptors (Lipinski definition) is 2. The van der Waals surface area contributed by atoms with Gasteiger partial charge in [-0.1, -0.05) is 18.2 Å². The summed E-state index contributed by atoms with van der Waals surface area (Å²) in [5, 5.41) is 0. The maximum Gasteiger partial charge on any atom is 0.417 e. The minimum Gasteiger partial charge on any atom is -0.288 e. The third-order valence-electron chi connectivity index (χ3n) is 2.56. The van der Waals surface area contributed by atoms with Gasteiger partial charge in [0.05, 0.1) is 14.2 Å². The van der Waals surface area contributed by atoms with Crippen molar-refractivity contribution in [3.8, 4) is 0 Å². The minimum atomic E-state index is -4.53. The van der Waals surface area contributed by atoms with Crippen molar-refractivity contribution in [1.29, 1.82) is 0 Å². The molecule has 1 nitrogen and oxygen atoms in total. The molecule has 0 saturated carbocycles. The van der Waals surface area contributed by atoms with Crippen LogP contribution in [0.15, 0.2) is 34.1 Å². The Morgan fingerprint density at radius 2 is 1.89 bits per heavy atom. The van der Waals surface area contributed by atoms with Gasteiger partial charge >= 0.3 is 6.18 Å². The SMILES string of the molecule is Cc1cc(C(=O)c2ccccc2C(F)(F)F)sc1Br. The molecule has 0 bridgehead atoms. The third kappa shape index (κ3) is 2.90. The lowest BCUT2D eigenvalue weighted by atomic mass is 10.0. The number of aryl methyl sites for hydroxylation is 1. The van der Waals surface area contributed by atoms with E-state index in [1.165, 1.54) is 18.2 Å². The zero-order chi connectivity index (χ0) is 14.2. The van der Waals surface area contributed by atoms with Gasteiger partial charge < -0.3 is 0 Å². The minimum absolute atomic E-state index is 0.293. The molecule has 0 aliphatic rings. The topological polar surface area (TPSA) is 17.1 Å². The largest absolute Gasteiger partial charge is 0.417 e. The Hall–Kier alpha value is -1.14. The van der Waals surface area contributed by atoms with Crippen molar-refractivity contribution < 1.29 is 18.0 Å². The van der Waals surface area contributed by atoms with E-state index >= 15 is 0 Å². The summed E-state index contributed by atoms with van der Waals surface area (Å²) in [7, 11) is 0. The Balaban J connectivity index is 2.51. The van der Waals surface area contributed by atoms with Crippen molar-refractivity contribution in [2.24, 2.45) is 0 Å². The molecule has 0 radical (unpaired) electrons. The number of thiophene rings is 1. The summed E-state index contributed by atoms with van der Waals surface area (Å²) in [5.41, 5.74) is -0.385. The molecule has 100 valence electrons. The molecule has 0 N–H and O–H groups in total. The van der Waals surface area contributed by atoms with Crippen molar-refractivity contribution >= 4 is 33.0 Å². The molecule has 2 aromatic rings. The van der Waals surface area contributed by atoms with Crippen LogP contribution >= 0.6 is 27.3 Å². The number of benzene rings is 1. The van der Waals surface area contributed by atoms with Crippen LogP contribution in [0.25, 0.3) is 0 Å². The molecule has 2 rings (SSSR count). The maximum absolute atomic E-state index is 12.9. The fraction of sp³-hybridized carbons (Fsp3) is 0.154. The Bertz CT molecular complexity index is 612. The van der Waals surface area contributed by atoms with Crippen LogP contribution in [0.1, 0.15) is 26.4 Å². The van der Waals surface area contributed by atoms with Gasteiger partial charge in [-0.3, -0.25) is 4.79 Å². The molecule has 0 aliphatic carbocycles. The van der Waals surface area contributed by atoms with Gasteiger partial charge in [0.1, 0.15) is 0 Å². The molecule has 0 fully saturated rings. The second-order valence-corrected chi connectivity index (χ2v) is 6.31. The van der Waals surface area contributed by atoms with E-state index in [1.807, 2.05) is 0 Å². The van der Waals surface area contributed by atoms with E-state index in [2.05, 4.69) is 15.9 Å². The van der Waals surface area contributed by atoms with Crippen LogP contribution in [0.3, 0.4) is 0 Å². The predicted octanol–water partition coefficient (Wildman–Crippen LogP) is 5.07. The first-order valence-electron chi connectivity index (χ1n) is 5.27. The fourth-order valence-electron chi connectivity index (χ4n) is 1.63. The maximum atomic E-state index is 12.9. The summed E-state index contributed by atoms with van der Waals surface area (Å²) >= 11 is 4.40. The van der Waals surface area contributed by atoms with Gasteiger partial charge in [-0.05, 0) is 40.5 Å². The molecule has 1 heterocycles. The summed E-state index contributed by atoms with van der Waals surface area (Å²) in [6.07, 6.45) is -4.53. The van der Waals surface area contributed by atoms with Gasteiger partial charge in [0, 0.05) is 5.56 Å². The van der Waals surface area contributed by atoms with Crippen molar-refractivity contribution in [2.45, 2.75) is 13.1 Å². The smallest absolute Gasteiger partial charge is 0.288 e. The van der Waals surface area contributed by atoms with Crippen LogP contribution < -0.4 is 0 Å². The first-order chi connectivity index (χ1) is 8.80. The molecule has 1 aromatic carbocycles. The summed E-state index contributed by atoms with van der Waals surface area (Å²) in [6.45, 7) is 1.78. The number of carbonyl (C=O) groups excluding carboxylic acids is 1. The lowest BCUT2D eigenvalue weighted by molar-refractivity contribution is -0.137. The Morgan fingerprint density at radius 3 is 2.42 bits per heavy atom. The number of halogens is 4. The van der Waals surface area contributed by atoms with E-state index in [9.17, 15) is 18.0 Å². The van der Waals surface area contributed by atoms with Crippen LogP contribution in [0, 0.1) is 6.92 Å². The van der Waals surface area contributed by atoms with Crippen LogP contribution in [0.5, 0.6) is 0 Å². The summed E-state index contributed by atoms with van der Waals surface area (Å²) < 4.78 is 39.3. The van der Waals surface area contributed by atoms with Crippen molar-refractivity contribution in [2.75, 3.05) is 0 Å². The number of rotatable bonds is 2. The molecule has 0 amide bonds. The normalized spacial score (nSPS) is 11.6. The second-order valence-electron chi connectivity index (χ2n) is 3.94. The Labute approximate surface area is 120 Å². The molecular weight excluding hydrogens is 341 g/mol. The summed E-state index contributed by atoms with van der Waals surface area (Å²) in [5.74, 6) is -0.605. The highest BCUT2D eigenvalue weighted by Crippen LogP contribution is 2.35. The number of ketones is 1. The average molecular weight is 349 g/mol. The zero-order valence-electron chi connectivity index (χ0n) is 9.72. The molecule has 6 heteroatoms. The van der Waals surface area contributed by atoms with E-state index in [0.29, 0.717) is 4.88 Å². The second kappa shape index (κ2) is 5.09. The molecule has 1 aromatic heterocycles. The van der Waals surface area contributed by atoms with E-state index < -0.39 is 17.5 Å². The van der Waals surface area contributed by atoms with E-state index in [0.717, 1.165) is 26.8 Å². The standard InChI is InChI=1S/C13H8BrF3OS/c1-7-6-10(19-12(7)14)11(18)8-4-2-3-5-9(8)13(15,16)17/h2-6H,1H3. The van der Waals surface area contributed by atoms with Gasteiger partial charge in [-0.2, -0.15) is 13.2 Å². The highest BCUT2D eigenvalue weighted by molar-refractivity contribution is 9.11. The number of alkyl halides is 3. The van der Waals surface area contributed by atoms with Gasteiger partial charge in [0.25, 0.3) is 0 Å². The van der Waals surface area contributed by atoms with Crippen LogP contribution in [-0.4, -0.2) is 5.78 Å². The van der Waals surface area contributed by atoms with Crippen molar-refractivity contribution in [1.82, 2.24) is 0 Å². The lowest BCUT2D eigenvalue weighted by Crippen LogP contribution is -2.12. The predicted molar refractivity (Wildman–Crippen MR) is 71.6 cm³/mol. The Morgan fingerprint density at radius 1 is 1.26 bits per heavy atom. The quantitative estimate of drug-likeness (QED) is 0.692. The van der Waals surface area contributed by atoms with Gasteiger partial charge in [-0.15, -0.1) is 11.3 Å². The van der Waals surface area contributed by atoms with Gasteiger partial charge in [0.15, 0.2) is 0 Å².